The number of hydrogen-bond acceptors (Lipinski definition) is 5. The number of carboxylic acid groups (broad SMARTS) is 1. The largest absolute Gasteiger partial charge is 0.465 e. The van der Waals surface area contributed by atoms with Crippen molar-refractivity contribution >= 4 is 12.1 Å². The smallest absolute Gasteiger partial charge is 0.404 e. The predicted molar refractivity (Wildman–Crippen MR) is 53.3 cm³/mol. The fourth-order valence-electron chi connectivity index (χ4n) is 0.462. The fourth-order valence-corrected chi connectivity index (χ4v) is 0.462. The van der Waals surface area contributed by atoms with Crippen LogP contribution < -0.4 is 11.1 Å². The lowest BCUT2D eigenvalue weighted by atomic mass is 10.6. The molecule has 4 N–H and O–H groups in total. The van der Waals surface area contributed by atoms with E-state index in [2.05, 4.69) is 4.74 Å². The molecule has 0 saturated heterocycles. The highest BCUT2D eigenvalue weighted by Crippen LogP contribution is 1.84. The Bertz CT molecular complexity index is 186. The van der Waals surface area contributed by atoms with Crippen molar-refractivity contribution in [3.8, 4) is 0 Å². The number of esters is 1. The number of ether oxygens (including phenoxy) is 2. The molecule has 0 aliphatic rings. The molecule has 1 amide bonds. The number of carbonyl (C=O) groups is 2. The summed E-state index contributed by atoms with van der Waals surface area (Å²) in [6, 6.07) is 0. The van der Waals surface area contributed by atoms with Gasteiger partial charge in [-0.25, -0.2) is 4.79 Å². The van der Waals surface area contributed by atoms with Crippen LogP contribution in [0.15, 0.2) is 0 Å². The van der Waals surface area contributed by atoms with Crippen molar-refractivity contribution in [1.29, 1.82) is 0 Å². The Labute approximate surface area is 88.5 Å². The van der Waals surface area contributed by atoms with Crippen LogP contribution in [0.25, 0.3) is 0 Å². The molecule has 0 aromatic heterocycles. The predicted octanol–water partition coefficient (Wildman–Crippen LogP) is -0.245. The van der Waals surface area contributed by atoms with Gasteiger partial charge in [0.25, 0.3) is 0 Å². The van der Waals surface area contributed by atoms with Crippen LogP contribution in [0, 0.1) is 0 Å². The van der Waals surface area contributed by atoms with E-state index in [4.69, 9.17) is 15.6 Å². The van der Waals surface area contributed by atoms with Gasteiger partial charge in [0.05, 0.1) is 0 Å². The Kier molecular flexibility index (Phi) is 11.5. The maximum Gasteiger partial charge on any atom is 0.404 e. The first-order valence-electron chi connectivity index (χ1n) is 4.35. The first-order chi connectivity index (χ1) is 6.93. The first-order valence-corrected chi connectivity index (χ1v) is 4.35. The van der Waals surface area contributed by atoms with Crippen LogP contribution in [0.2, 0.25) is 0 Å². The maximum atomic E-state index is 10.2. The number of amides is 1. The maximum absolute atomic E-state index is 10.2. The zero-order chi connectivity index (χ0) is 12.3. The third-order valence-corrected chi connectivity index (χ3v) is 1.05. The van der Waals surface area contributed by atoms with Crippen LogP contribution in [-0.2, 0) is 14.3 Å². The van der Waals surface area contributed by atoms with Crippen LogP contribution >= 0.6 is 0 Å². The third-order valence-electron chi connectivity index (χ3n) is 1.05. The van der Waals surface area contributed by atoms with Gasteiger partial charge in [0.1, 0.15) is 12.8 Å². The molecular weight excluding hydrogens is 204 g/mol. The number of hydrogen-bond donors (Lipinski definition) is 3. The SMILES string of the molecule is CCOC(N)COC(C)=O.CNC(=O)O. The van der Waals surface area contributed by atoms with Gasteiger partial charge in [-0.3, -0.25) is 4.79 Å². The van der Waals surface area contributed by atoms with Gasteiger partial charge in [-0.1, -0.05) is 0 Å². The van der Waals surface area contributed by atoms with E-state index in [0.29, 0.717) is 6.61 Å². The van der Waals surface area contributed by atoms with Gasteiger partial charge in [0, 0.05) is 20.6 Å². The van der Waals surface area contributed by atoms with Crippen molar-refractivity contribution in [3.63, 3.8) is 0 Å². The van der Waals surface area contributed by atoms with E-state index in [1.54, 1.807) is 0 Å². The van der Waals surface area contributed by atoms with E-state index in [0.717, 1.165) is 0 Å². The van der Waals surface area contributed by atoms with Gasteiger partial charge >= 0.3 is 12.1 Å². The van der Waals surface area contributed by atoms with E-state index in [9.17, 15) is 9.59 Å². The van der Waals surface area contributed by atoms with Gasteiger partial charge in [0.15, 0.2) is 0 Å². The second-order valence-corrected chi connectivity index (χ2v) is 2.35. The second kappa shape index (κ2) is 10.7. The van der Waals surface area contributed by atoms with Crippen molar-refractivity contribution in [1.82, 2.24) is 5.32 Å². The molecule has 0 aromatic rings. The second-order valence-electron chi connectivity index (χ2n) is 2.35. The molecule has 0 spiro atoms. The summed E-state index contributed by atoms with van der Waals surface area (Å²) in [5.74, 6) is -0.338. The summed E-state index contributed by atoms with van der Waals surface area (Å²) < 4.78 is 9.46. The Morgan fingerprint density at radius 2 is 2.00 bits per heavy atom. The van der Waals surface area contributed by atoms with Crippen LogP contribution in [0.4, 0.5) is 4.79 Å². The molecule has 0 saturated carbocycles. The van der Waals surface area contributed by atoms with Gasteiger partial charge < -0.3 is 25.6 Å². The van der Waals surface area contributed by atoms with Crippen LogP contribution in [-0.4, -0.2) is 43.7 Å². The van der Waals surface area contributed by atoms with Crippen LogP contribution in [0.3, 0.4) is 0 Å². The standard InChI is InChI=1S/C6H13NO3.C2H5NO2/c1-3-9-6(7)4-10-5(2)8;1-3-2(4)5/h6H,3-4,7H2,1-2H3;3H,1H3,(H,4,5). The molecule has 0 fully saturated rings. The summed E-state index contributed by atoms with van der Waals surface area (Å²) in [7, 11) is 1.35. The molecule has 15 heavy (non-hydrogen) atoms. The highest BCUT2D eigenvalue weighted by Gasteiger charge is 2.01. The monoisotopic (exact) mass is 222 g/mol. The summed E-state index contributed by atoms with van der Waals surface area (Å²) in [5.41, 5.74) is 5.33. The van der Waals surface area contributed by atoms with E-state index < -0.39 is 12.3 Å². The van der Waals surface area contributed by atoms with Gasteiger partial charge in [0.2, 0.25) is 0 Å². The molecule has 0 bridgehead atoms. The van der Waals surface area contributed by atoms with E-state index in [1.165, 1.54) is 14.0 Å². The first kappa shape index (κ1) is 16.1. The van der Waals surface area contributed by atoms with Crippen molar-refractivity contribution in [3.05, 3.63) is 0 Å². The Hall–Kier alpha value is -1.34. The van der Waals surface area contributed by atoms with Crippen molar-refractivity contribution in [2.24, 2.45) is 5.73 Å². The lowest BCUT2D eigenvalue weighted by Crippen LogP contribution is -2.30. The van der Waals surface area contributed by atoms with Gasteiger partial charge in [-0.2, -0.15) is 0 Å². The lowest BCUT2D eigenvalue weighted by Gasteiger charge is -2.10. The zero-order valence-electron chi connectivity index (χ0n) is 9.15. The molecule has 1 unspecified atom stereocenters. The summed E-state index contributed by atoms with van der Waals surface area (Å²) in [6.07, 6.45) is -1.49. The number of nitrogens with two attached hydrogens (primary N) is 1. The molecule has 90 valence electrons. The Balaban J connectivity index is 0. The molecule has 7 heteroatoms. The van der Waals surface area contributed by atoms with Crippen molar-refractivity contribution < 1.29 is 24.2 Å². The summed E-state index contributed by atoms with van der Waals surface area (Å²) in [4.78, 5) is 19.5. The van der Waals surface area contributed by atoms with E-state index in [-0.39, 0.29) is 12.6 Å². The molecule has 1 atom stereocenters. The molecule has 0 radical (unpaired) electrons. The molecule has 0 aromatic carbocycles. The highest BCUT2D eigenvalue weighted by molar-refractivity contribution is 5.65. The number of carbonyl (C=O) groups excluding carboxylic acids is 1. The normalized spacial score (nSPS) is 10.7. The average Bonchev–Trinajstić information content (AvgIpc) is 2.16. The van der Waals surface area contributed by atoms with Crippen molar-refractivity contribution in [2.45, 2.75) is 20.1 Å². The number of rotatable bonds is 4. The van der Waals surface area contributed by atoms with Crippen LogP contribution in [0.5, 0.6) is 0 Å². The van der Waals surface area contributed by atoms with Crippen molar-refractivity contribution in [2.75, 3.05) is 20.3 Å². The molecular formula is C8H18N2O5. The van der Waals surface area contributed by atoms with Crippen LogP contribution in [0.1, 0.15) is 13.8 Å². The summed E-state index contributed by atoms with van der Waals surface area (Å²) in [6.45, 7) is 3.82. The fraction of sp³-hybridized carbons (Fsp3) is 0.750. The average molecular weight is 222 g/mol. The minimum absolute atomic E-state index is 0.128. The summed E-state index contributed by atoms with van der Waals surface area (Å²) >= 11 is 0. The van der Waals surface area contributed by atoms with Gasteiger partial charge in [-0.15, -0.1) is 0 Å². The zero-order valence-corrected chi connectivity index (χ0v) is 9.15. The molecule has 7 nitrogen and oxygen atoms in total. The summed E-state index contributed by atoms with van der Waals surface area (Å²) in [5, 5.41) is 9.56. The minimum atomic E-state index is -0.995. The quantitative estimate of drug-likeness (QED) is 0.447. The minimum Gasteiger partial charge on any atom is -0.465 e. The van der Waals surface area contributed by atoms with Gasteiger partial charge in [-0.05, 0) is 6.92 Å². The Morgan fingerprint density at radius 3 is 2.27 bits per heavy atom. The molecule has 0 aliphatic heterocycles. The number of nitrogens with one attached hydrogen (secondary N) is 1. The van der Waals surface area contributed by atoms with E-state index >= 15 is 0 Å². The third kappa shape index (κ3) is 19.2. The lowest BCUT2D eigenvalue weighted by molar-refractivity contribution is -0.145. The topological polar surface area (TPSA) is 111 Å². The molecule has 0 aliphatic carbocycles. The molecule has 0 heterocycles. The Morgan fingerprint density at radius 1 is 1.53 bits per heavy atom. The molecule has 0 rings (SSSR count). The highest BCUT2D eigenvalue weighted by atomic mass is 16.6. The van der Waals surface area contributed by atoms with E-state index in [1.807, 2.05) is 12.2 Å².